The number of ether oxygens (including phenoxy) is 1. The number of methoxy groups -OCH3 is 1. The average Bonchev–Trinajstić information content (AvgIpc) is 2.93. The van der Waals surface area contributed by atoms with Crippen molar-refractivity contribution in [2.45, 2.75) is 5.88 Å². The van der Waals surface area contributed by atoms with Crippen LogP contribution in [0.5, 0.6) is 11.5 Å². The molecule has 0 aliphatic heterocycles. The third kappa shape index (κ3) is 5.36. The first-order valence-corrected chi connectivity index (χ1v) is 8.56. The van der Waals surface area contributed by atoms with Crippen molar-refractivity contribution >= 4 is 34.5 Å². The minimum absolute atomic E-state index is 0.00723. The van der Waals surface area contributed by atoms with E-state index in [2.05, 4.69) is 15.6 Å². The molecule has 1 amide bonds. The molecule has 1 atom stereocenters. The number of amides is 1. The van der Waals surface area contributed by atoms with Crippen molar-refractivity contribution in [2.75, 3.05) is 12.9 Å². The van der Waals surface area contributed by atoms with Crippen LogP contribution in [0.4, 0.5) is 0 Å². The SMILES string of the molecule is COc1cc(/C=N\NC(=O)C[S@](=O)Cn2cc(Cl)cn2)ccc1O. The molecule has 0 saturated heterocycles. The highest BCUT2D eigenvalue weighted by molar-refractivity contribution is 7.84. The number of hydrogen-bond acceptors (Lipinski definition) is 6. The first kappa shape index (κ1) is 18.0. The lowest BCUT2D eigenvalue weighted by Gasteiger charge is -2.04. The second kappa shape index (κ2) is 8.46. The topological polar surface area (TPSA) is 106 Å². The maximum absolute atomic E-state index is 11.8. The van der Waals surface area contributed by atoms with Gasteiger partial charge in [-0.3, -0.25) is 13.7 Å². The number of aromatic nitrogens is 2. The fourth-order valence-electron chi connectivity index (χ4n) is 1.73. The van der Waals surface area contributed by atoms with Crippen LogP contribution < -0.4 is 10.2 Å². The van der Waals surface area contributed by atoms with Crippen LogP contribution in [0.25, 0.3) is 0 Å². The minimum Gasteiger partial charge on any atom is -0.504 e. The summed E-state index contributed by atoms with van der Waals surface area (Å²) < 4.78 is 18.2. The van der Waals surface area contributed by atoms with E-state index in [4.69, 9.17) is 16.3 Å². The van der Waals surface area contributed by atoms with Crippen LogP contribution in [0, 0.1) is 0 Å². The van der Waals surface area contributed by atoms with E-state index in [0.29, 0.717) is 16.3 Å². The number of hydrazone groups is 1. The van der Waals surface area contributed by atoms with Gasteiger partial charge in [0.25, 0.3) is 5.91 Å². The fourth-order valence-corrected chi connectivity index (χ4v) is 2.77. The molecule has 0 saturated carbocycles. The van der Waals surface area contributed by atoms with E-state index in [9.17, 15) is 14.1 Å². The largest absolute Gasteiger partial charge is 0.504 e. The van der Waals surface area contributed by atoms with E-state index in [0.717, 1.165) is 0 Å². The van der Waals surface area contributed by atoms with Gasteiger partial charge in [0, 0.05) is 6.20 Å². The minimum atomic E-state index is -1.44. The van der Waals surface area contributed by atoms with Gasteiger partial charge in [0.1, 0.15) is 11.6 Å². The Bertz CT molecular complexity index is 778. The lowest BCUT2D eigenvalue weighted by atomic mass is 10.2. The summed E-state index contributed by atoms with van der Waals surface area (Å²) in [4.78, 5) is 11.7. The Kier molecular flexibility index (Phi) is 6.33. The summed E-state index contributed by atoms with van der Waals surface area (Å²) in [5.41, 5.74) is 2.91. The molecule has 2 rings (SSSR count). The molecular weight excluding hydrogens is 356 g/mol. The third-order valence-electron chi connectivity index (χ3n) is 2.78. The van der Waals surface area contributed by atoms with Crippen molar-refractivity contribution in [3.05, 3.63) is 41.2 Å². The number of halogens is 1. The maximum Gasteiger partial charge on any atom is 0.252 e. The molecule has 0 aliphatic rings. The number of phenols is 1. The number of benzene rings is 1. The number of carbonyl (C=O) groups is 1. The van der Waals surface area contributed by atoms with Gasteiger partial charge in [-0.05, 0) is 23.8 Å². The van der Waals surface area contributed by atoms with Crippen LogP contribution >= 0.6 is 11.6 Å². The molecule has 128 valence electrons. The summed E-state index contributed by atoms with van der Waals surface area (Å²) in [6.07, 6.45) is 4.33. The molecule has 2 N–H and O–H groups in total. The van der Waals surface area contributed by atoms with Crippen molar-refractivity contribution in [1.82, 2.24) is 15.2 Å². The quantitative estimate of drug-likeness (QED) is 0.561. The number of aromatic hydroxyl groups is 1. The molecular formula is C14H15ClN4O4S. The highest BCUT2D eigenvalue weighted by Gasteiger charge is 2.09. The fraction of sp³-hybridized carbons (Fsp3) is 0.214. The Morgan fingerprint density at radius 3 is 3.04 bits per heavy atom. The summed E-state index contributed by atoms with van der Waals surface area (Å²) in [7, 11) is -0.0107. The van der Waals surface area contributed by atoms with Gasteiger partial charge in [-0.2, -0.15) is 10.2 Å². The lowest BCUT2D eigenvalue weighted by molar-refractivity contribution is -0.118. The van der Waals surface area contributed by atoms with Gasteiger partial charge in [0.2, 0.25) is 0 Å². The van der Waals surface area contributed by atoms with E-state index in [1.807, 2.05) is 0 Å². The molecule has 2 aromatic rings. The molecule has 1 aromatic carbocycles. The van der Waals surface area contributed by atoms with Gasteiger partial charge in [-0.25, -0.2) is 5.43 Å². The van der Waals surface area contributed by atoms with Crippen LogP contribution in [0.15, 0.2) is 35.7 Å². The van der Waals surface area contributed by atoms with Crippen molar-refractivity contribution < 1.29 is 18.8 Å². The molecule has 0 unspecified atom stereocenters. The second-order valence-electron chi connectivity index (χ2n) is 4.64. The molecule has 24 heavy (non-hydrogen) atoms. The molecule has 0 radical (unpaired) electrons. The average molecular weight is 371 g/mol. The van der Waals surface area contributed by atoms with Gasteiger partial charge >= 0.3 is 0 Å². The Labute approximate surface area is 145 Å². The predicted octanol–water partition coefficient (Wildman–Crippen LogP) is 1.11. The van der Waals surface area contributed by atoms with Gasteiger partial charge < -0.3 is 9.84 Å². The normalized spacial score (nSPS) is 12.2. The summed E-state index contributed by atoms with van der Waals surface area (Å²) in [5.74, 6) is -0.335. The zero-order chi connectivity index (χ0) is 17.5. The summed E-state index contributed by atoms with van der Waals surface area (Å²) in [6.45, 7) is 0. The van der Waals surface area contributed by atoms with Crippen molar-refractivity contribution in [2.24, 2.45) is 5.10 Å². The zero-order valence-corrected chi connectivity index (χ0v) is 14.3. The van der Waals surface area contributed by atoms with Crippen LogP contribution in [0.2, 0.25) is 5.02 Å². The maximum atomic E-state index is 11.8. The van der Waals surface area contributed by atoms with Gasteiger partial charge in [-0.1, -0.05) is 11.6 Å². The molecule has 1 heterocycles. The Hall–Kier alpha value is -2.39. The van der Waals surface area contributed by atoms with E-state index < -0.39 is 16.7 Å². The lowest BCUT2D eigenvalue weighted by Crippen LogP contribution is -2.25. The highest BCUT2D eigenvalue weighted by atomic mass is 35.5. The van der Waals surface area contributed by atoms with Crippen molar-refractivity contribution in [1.29, 1.82) is 0 Å². The number of nitrogens with one attached hydrogen (secondary N) is 1. The van der Waals surface area contributed by atoms with E-state index in [1.54, 1.807) is 12.1 Å². The Morgan fingerprint density at radius 1 is 1.58 bits per heavy atom. The Balaban J connectivity index is 1.83. The summed E-state index contributed by atoms with van der Waals surface area (Å²) >= 11 is 5.70. The first-order valence-electron chi connectivity index (χ1n) is 6.70. The van der Waals surface area contributed by atoms with Crippen LogP contribution in [-0.4, -0.2) is 44.1 Å². The zero-order valence-electron chi connectivity index (χ0n) is 12.7. The van der Waals surface area contributed by atoms with E-state index >= 15 is 0 Å². The first-order chi connectivity index (χ1) is 11.5. The monoisotopic (exact) mass is 370 g/mol. The van der Waals surface area contributed by atoms with Gasteiger partial charge in [0.15, 0.2) is 11.5 Å². The van der Waals surface area contributed by atoms with Crippen molar-refractivity contribution in [3.63, 3.8) is 0 Å². The molecule has 0 bridgehead atoms. The van der Waals surface area contributed by atoms with Crippen LogP contribution in [-0.2, 0) is 21.5 Å². The number of phenolic OH excluding ortho intramolecular Hbond substituents is 1. The van der Waals surface area contributed by atoms with Crippen LogP contribution in [0.3, 0.4) is 0 Å². The Morgan fingerprint density at radius 2 is 2.38 bits per heavy atom. The molecule has 0 spiro atoms. The van der Waals surface area contributed by atoms with Crippen LogP contribution in [0.1, 0.15) is 5.56 Å². The van der Waals surface area contributed by atoms with E-state index in [1.165, 1.54) is 36.5 Å². The smallest absolute Gasteiger partial charge is 0.252 e. The standard InChI is InChI=1S/C14H15ClN4O4S/c1-23-13-4-10(2-3-12(13)20)5-16-18-14(21)8-24(22)9-19-7-11(15)6-17-19/h2-7,20H,8-9H2,1H3,(H,18,21)/b16-5-/t24-/m0/s1. The number of carbonyl (C=O) groups excluding carboxylic acids is 1. The molecule has 8 nitrogen and oxygen atoms in total. The number of hydrogen-bond donors (Lipinski definition) is 2. The molecule has 0 aliphatic carbocycles. The molecule has 1 aromatic heterocycles. The third-order valence-corrected chi connectivity index (χ3v) is 4.11. The number of nitrogens with zero attached hydrogens (tertiary/aromatic N) is 3. The summed E-state index contributed by atoms with van der Waals surface area (Å²) in [6, 6.07) is 4.62. The van der Waals surface area contributed by atoms with Gasteiger partial charge in [-0.15, -0.1) is 0 Å². The van der Waals surface area contributed by atoms with Crippen molar-refractivity contribution in [3.8, 4) is 11.5 Å². The predicted molar refractivity (Wildman–Crippen MR) is 90.6 cm³/mol. The number of rotatable bonds is 7. The van der Waals surface area contributed by atoms with E-state index in [-0.39, 0.29) is 17.4 Å². The molecule has 0 fully saturated rings. The highest BCUT2D eigenvalue weighted by Crippen LogP contribution is 2.25. The summed E-state index contributed by atoms with van der Waals surface area (Å²) in [5, 5.41) is 17.6. The molecule has 10 heteroatoms. The second-order valence-corrected chi connectivity index (χ2v) is 6.50. The van der Waals surface area contributed by atoms with Gasteiger partial charge in [0.05, 0.1) is 35.3 Å².